The number of halogens is 1. The predicted octanol–water partition coefficient (Wildman–Crippen LogP) is 2.31. The zero-order valence-corrected chi connectivity index (χ0v) is 9.99. The molecule has 0 amide bonds. The van der Waals surface area contributed by atoms with Crippen molar-refractivity contribution in [3.63, 3.8) is 0 Å². The number of hydrogen-bond donors (Lipinski definition) is 1. The van der Waals surface area contributed by atoms with Gasteiger partial charge in [-0.05, 0) is 19.1 Å². The summed E-state index contributed by atoms with van der Waals surface area (Å²) in [5.74, 6) is 1.05. The fraction of sp³-hybridized carbons (Fsp3) is 0.167. The van der Waals surface area contributed by atoms with Gasteiger partial charge in [0.15, 0.2) is 0 Å². The number of hydrogen-bond acceptors (Lipinski definition) is 3. The maximum Gasteiger partial charge on any atom is 0.251 e. The number of ether oxygens (including phenoxy) is 1. The quantitative estimate of drug-likeness (QED) is 0.910. The summed E-state index contributed by atoms with van der Waals surface area (Å²) in [6, 6.07) is 8.58. The number of aryl methyl sites for hydroxylation is 1. The minimum absolute atomic E-state index is 0.181. The first-order valence-electron chi connectivity index (χ1n) is 5.09. The highest BCUT2D eigenvalue weighted by atomic mass is 35.5. The van der Waals surface area contributed by atoms with E-state index in [9.17, 15) is 4.79 Å². The monoisotopic (exact) mass is 250 g/mol. The van der Waals surface area contributed by atoms with Gasteiger partial charge in [-0.25, -0.2) is 4.98 Å². The highest BCUT2D eigenvalue weighted by molar-refractivity contribution is 6.32. The molecule has 0 radical (unpaired) electrons. The van der Waals surface area contributed by atoms with Crippen LogP contribution in [0.4, 0.5) is 0 Å². The average molecular weight is 251 g/mol. The zero-order chi connectivity index (χ0) is 12.3. The maximum atomic E-state index is 11.2. The summed E-state index contributed by atoms with van der Waals surface area (Å²) < 4.78 is 5.47. The van der Waals surface area contributed by atoms with Crippen LogP contribution in [0.25, 0.3) is 0 Å². The lowest BCUT2D eigenvalue weighted by molar-refractivity contribution is 0.295. The van der Waals surface area contributed by atoms with Gasteiger partial charge in [-0.3, -0.25) is 4.79 Å². The van der Waals surface area contributed by atoms with E-state index in [1.165, 1.54) is 6.07 Å². The highest BCUT2D eigenvalue weighted by Crippen LogP contribution is 2.23. The normalized spacial score (nSPS) is 10.2. The fourth-order valence-corrected chi connectivity index (χ4v) is 1.61. The molecule has 0 bridgehead atoms. The maximum absolute atomic E-state index is 11.2. The predicted molar refractivity (Wildman–Crippen MR) is 65.4 cm³/mol. The lowest BCUT2D eigenvalue weighted by atomic mass is 10.3. The Morgan fingerprint density at radius 3 is 2.88 bits per heavy atom. The van der Waals surface area contributed by atoms with Gasteiger partial charge in [0.2, 0.25) is 0 Å². The SMILES string of the molecule is Cc1cc(=O)[nH]c(COc2ccccc2Cl)n1. The number of H-pyrrole nitrogens is 1. The van der Waals surface area contributed by atoms with Crippen molar-refractivity contribution in [2.24, 2.45) is 0 Å². The van der Waals surface area contributed by atoms with Crippen molar-refractivity contribution in [1.82, 2.24) is 9.97 Å². The summed E-state index contributed by atoms with van der Waals surface area (Å²) >= 11 is 5.94. The van der Waals surface area contributed by atoms with Crippen molar-refractivity contribution in [3.8, 4) is 5.75 Å². The molecule has 88 valence electrons. The summed E-state index contributed by atoms with van der Waals surface area (Å²) in [4.78, 5) is 18.0. The van der Waals surface area contributed by atoms with Crippen LogP contribution in [0.3, 0.4) is 0 Å². The summed E-state index contributed by atoms with van der Waals surface area (Å²) in [6.45, 7) is 1.94. The molecule has 0 saturated carbocycles. The standard InChI is InChI=1S/C12H11ClN2O2/c1-8-6-12(16)15-11(14-8)7-17-10-5-3-2-4-9(10)13/h2-6H,7H2,1H3,(H,14,15,16). The number of nitrogens with zero attached hydrogens (tertiary/aromatic N) is 1. The Labute approximate surface area is 103 Å². The first-order valence-corrected chi connectivity index (χ1v) is 5.47. The molecule has 4 nitrogen and oxygen atoms in total. The molecule has 0 aliphatic heterocycles. The van der Waals surface area contributed by atoms with Gasteiger partial charge < -0.3 is 9.72 Å². The van der Waals surface area contributed by atoms with Crippen molar-refractivity contribution in [2.75, 3.05) is 0 Å². The summed E-state index contributed by atoms with van der Waals surface area (Å²) in [5, 5.41) is 0.530. The van der Waals surface area contributed by atoms with Crippen LogP contribution < -0.4 is 10.3 Å². The Balaban J connectivity index is 2.13. The molecule has 0 saturated heterocycles. The first kappa shape index (κ1) is 11.7. The second-order valence-corrected chi connectivity index (χ2v) is 3.96. The summed E-state index contributed by atoms with van der Waals surface area (Å²) in [5.41, 5.74) is 0.474. The van der Waals surface area contributed by atoms with Gasteiger partial charge >= 0.3 is 0 Å². The van der Waals surface area contributed by atoms with Gasteiger partial charge in [-0.15, -0.1) is 0 Å². The lowest BCUT2D eigenvalue weighted by Crippen LogP contribution is -2.13. The van der Waals surface area contributed by atoms with Crippen LogP contribution in [0.15, 0.2) is 35.1 Å². The topological polar surface area (TPSA) is 55.0 Å². The van der Waals surface area contributed by atoms with Crippen LogP contribution in [0.1, 0.15) is 11.5 Å². The van der Waals surface area contributed by atoms with E-state index >= 15 is 0 Å². The number of nitrogens with one attached hydrogen (secondary N) is 1. The van der Waals surface area contributed by atoms with E-state index in [0.717, 1.165) is 0 Å². The van der Waals surface area contributed by atoms with Crippen LogP contribution in [0.5, 0.6) is 5.75 Å². The second kappa shape index (κ2) is 5.01. The van der Waals surface area contributed by atoms with Gasteiger partial charge in [-0.2, -0.15) is 0 Å². The molecule has 1 aromatic heterocycles. The molecule has 0 aliphatic carbocycles. The highest BCUT2D eigenvalue weighted by Gasteiger charge is 2.02. The minimum Gasteiger partial charge on any atom is -0.484 e. The molecule has 0 unspecified atom stereocenters. The van der Waals surface area contributed by atoms with Gasteiger partial charge in [0, 0.05) is 11.8 Å². The van der Waals surface area contributed by atoms with E-state index in [-0.39, 0.29) is 12.2 Å². The smallest absolute Gasteiger partial charge is 0.251 e. The van der Waals surface area contributed by atoms with Crippen LogP contribution >= 0.6 is 11.6 Å². The zero-order valence-electron chi connectivity index (χ0n) is 9.24. The Hall–Kier alpha value is -1.81. The number of para-hydroxylation sites is 1. The van der Waals surface area contributed by atoms with Gasteiger partial charge in [-0.1, -0.05) is 23.7 Å². The van der Waals surface area contributed by atoms with Gasteiger partial charge in [0.25, 0.3) is 5.56 Å². The number of rotatable bonds is 3. The van der Waals surface area contributed by atoms with E-state index in [1.807, 2.05) is 12.1 Å². The molecule has 17 heavy (non-hydrogen) atoms. The fourth-order valence-electron chi connectivity index (χ4n) is 1.42. The van der Waals surface area contributed by atoms with E-state index in [0.29, 0.717) is 22.3 Å². The van der Waals surface area contributed by atoms with Gasteiger partial charge in [0.05, 0.1) is 5.02 Å². The second-order valence-electron chi connectivity index (χ2n) is 3.55. The summed E-state index contributed by atoms with van der Waals surface area (Å²) in [7, 11) is 0. The third-order valence-electron chi connectivity index (χ3n) is 2.12. The lowest BCUT2D eigenvalue weighted by Gasteiger charge is -2.07. The molecule has 1 N–H and O–H groups in total. The van der Waals surface area contributed by atoms with Crippen LogP contribution in [0.2, 0.25) is 5.02 Å². The van der Waals surface area contributed by atoms with E-state index in [1.54, 1.807) is 19.1 Å². The molecule has 1 heterocycles. The van der Waals surface area contributed by atoms with Gasteiger partial charge in [0.1, 0.15) is 18.2 Å². The third kappa shape index (κ3) is 3.07. The van der Waals surface area contributed by atoms with Crippen LogP contribution in [0, 0.1) is 6.92 Å². The first-order chi connectivity index (χ1) is 8.15. The largest absolute Gasteiger partial charge is 0.484 e. The van der Waals surface area contributed by atoms with E-state index < -0.39 is 0 Å². The van der Waals surface area contributed by atoms with Crippen molar-refractivity contribution >= 4 is 11.6 Å². The van der Waals surface area contributed by atoms with Crippen LogP contribution in [-0.4, -0.2) is 9.97 Å². The Morgan fingerprint density at radius 1 is 1.41 bits per heavy atom. The number of aromatic amines is 1. The minimum atomic E-state index is -0.185. The molecule has 2 rings (SSSR count). The number of benzene rings is 1. The molecular weight excluding hydrogens is 240 g/mol. The third-order valence-corrected chi connectivity index (χ3v) is 2.43. The average Bonchev–Trinajstić information content (AvgIpc) is 2.27. The van der Waals surface area contributed by atoms with Crippen molar-refractivity contribution in [1.29, 1.82) is 0 Å². The molecule has 0 atom stereocenters. The van der Waals surface area contributed by atoms with Crippen molar-refractivity contribution < 1.29 is 4.74 Å². The van der Waals surface area contributed by atoms with E-state index in [4.69, 9.17) is 16.3 Å². The molecule has 0 spiro atoms. The Bertz CT molecular complexity index is 581. The Kier molecular flexibility index (Phi) is 3.44. The molecule has 0 aliphatic rings. The Morgan fingerprint density at radius 2 is 2.18 bits per heavy atom. The molecule has 2 aromatic rings. The van der Waals surface area contributed by atoms with Crippen molar-refractivity contribution in [2.45, 2.75) is 13.5 Å². The van der Waals surface area contributed by atoms with Crippen LogP contribution in [-0.2, 0) is 6.61 Å². The molecule has 1 aromatic carbocycles. The van der Waals surface area contributed by atoms with Crippen molar-refractivity contribution in [3.05, 3.63) is 57.2 Å². The van der Waals surface area contributed by atoms with E-state index in [2.05, 4.69) is 9.97 Å². The summed E-state index contributed by atoms with van der Waals surface area (Å²) in [6.07, 6.45) is 0. The molecular formula is C12H11ClN2O2. The molecule has 0 fully saturated rings. The molecule has 5 heteroatoms. The number of aromatic nitrogens is 2.